The predicted octanol–water partition coefficient (Wildman–Crippen LogP) is 2.40. The van der Waals surface area contributed by atoms with Crippen molar-refractivity contribution in [2.75, 3.05) is 7.05 Å². The molecular formula is C14H21N3O2. The molecule has 0 spiro atoms. The minimum absolute atomic E-state index is 0.0192. The van der Waals surface area contributed by atoms with Gasteiger partial charge in [0.15, 0.2) is 0 Å². The molecule has 0 aliphatic carbocycles. The lowest BCUT2D eigenvalue weighted by Gasteiger charge is -2.28. The van der Waals surface area contributed by atoms with E-state index >= 15 is 0 Å². The molecule has 0 amide bonds. The highest BCUT2D eigenvalue weighted by Crippen LogP contribution is 2.25. The van der Waals surface area contributed by atoms with E-state index in [2.05, 4.69) is 10.1 Å². The van der Waals surface area contributed by atoms with E-state index in [1.807, 2.05) is 46.0 Å². The summed E-state index contributed by atoms with van der Waals surface area (Å²) in [5.74, 6) is 2.59. The van der Waals surface area contributed by atoms with Crippen molar-refractivity contribution in [2.45, 2.75) is 39.4 Å². The topological polar surface area (TPSA) is 68.4 Å². The average molecular weight is 263 g/mol. The van der Waals surface area contributed by atoms with Gasteiger partial charge in [-0.25, -0.2) is 0 Å². The van der Waals surface area contributed by atoms with Crippen molar-refractivity contribution in [3.05, 3.63) is 41.2 Å². The minimum atomic E-state index is -0.0384. The summed E-state index contributed by atoms with van der Waals surface area (Å²) < 4.78 is 10.8. The Labute approximate surface area is 113 Å². The smallest absolute Gasteiger partial charge is 0.133 e. The predicted molar refractivity (Wildman–Crippen MR) is 72.5 cm³/mol. The van der Waals surface area contributed by atoms with Crippen LogP contribution in [0.5, 0.6) is 0 Å². The fourth-order valence-corrected chi connectivity index (χ4v) is 2.34. The molecule has 0 aromatic carbocycles. The highest BCUT2D eigenvalue weighted by atomic mass is 16.5. The molecule has 0 bridgehead atoms. The van der Waals surface area contributed by atoms with Gasteiger partial charge in [-0.1, -0.05) is 5.16 Å². The summed E-state index contributed by atoms with van der Waals surface area (Å²) >= 11 is 0. The molecule has 2 aromatic heterocycles. The largest absolute Gasteiger partial charge is 0.465 e. The molecule has 2 rings (SSSR count). The maximum absolute atomic E-state index is 6.09. The number of hydrogen-bond acceptors (Lipinski definition) is 5. The molecule has 0 radical (unpaired) electrons. The fourth-order valence-electron chi connectivity index (χ4n) is 2.34. The van der Waals surface area contributed by atoms with Crippen LogP contribution in [0.3, 0.4) is 0 Å². The van der Waals surface area contributed by atoms with E-state index in [0.29, 0.717) is 6.54 Å². The SMILES string of the molecule is Cc1cc(CN(C)C(c2ccc(C)o2)C(C)N)no1. The number of nitrogens with zero attached hydrogens (tertiary/aromatic N) is 2. The van der Waals surface area contributed by atoms with Crippen molar-refractivity contribution in [3.63, 3.8) is 0 Å². The van der Waals surface area contributed by atoms with Crippen LogP contribution in [0, 0.1) is 13.8 Å². The lowest BCUT2D eigenvalue weighted by atomic mass is 10.1. The Kier molecular flexibility index (Phi) is 4.07. The quantitative estimate of drug-likeness (QED) is 0.897. The van der Waals surface area contributed by atoms with Crippen LogP contribution in [-0.2, 0) is 6.54 Å². The molecule has 104 valence electrons. The third kappa shape index (κ3) is 3.24. The summed E-state index contributed by atoms with van der Waals surface area (Å²) in [6.45, 7) is 6.47. The molecule has 2 unspecified atom stereocenters. The number of hydrogen-bond donors (Lipinski definition) is 1. The number of likely N-dealkylation sites (N-methyl/N-ethyl adjacent to an activating group) is 1. The van der Waals surface area contributed by atoms with Crippen LogP contribution in [-0.4, -0.2) is 23.1 Å². The van der Waals surface area contributed by atoms with E-state index in [-0.39, 0.29) is 12.1 Å². The van der Waals surface area contributed by atoms with Crippen molar-refractivity contribution in [1.82, 2.24) is 10.1 Å². The second-order valence-electron chi connectivity index (χ2n) is 5.10. The zero-order valence-corrected chi connectivity index (χ0v) is 11.9. The summed E-state index contributed by atoms with van der Waals surface area (Å²) in [4.78, 5) is 2.13. The second kappa shape index (κ2) is 5.59. The second-order valence-corrected chi connectivity index (χ2v) is 5.10. The van der Waals surface area contributed by atoms with Gasteiger partial charge in [0, 0.05) is 18.7 Å². The molecule has 2 atom stereocenters. The number of furan rings is 1. The van der Waals surface area contributed by atoms with Crippen molar-refractivity contribution in [2.24, 2.45) is 5.73 Å². The third-order valence-electron chi connectivity index (χ3n) is 3.11. The zero-order chi connectivity index (χ0) is 14.0. The van der Waals surface area contributed by atoms with Gasteiger partial charge in [0.2, 0.25) is 0 Å². The standard InChI is InChI=1S/C14H21N3O2/c1-9-5-6-13(18-9)14(11(3)15)17(4)8-12-7-10(2)19-16-12/h5-7,11,14H,8,15H2,1-4H3. The summed E-state index contributed by atoms with van der Waals surface area (Å²) in [5, 5.41) is 4.01. The molecule has 0 fully saturated rings. The summed E-state index contributed by atoms with van der Waals surface area (Å²) in [6.07, 6.45) is 0. The molecule has 2 aromatic rings. The van der Waals surface area contributed by atoms with Gasteiger partial charge < -0.3 is 14.7 Å². The van der Waals surface area contributed by atoms with Gasteiger partial charge in [0.25, 0.3) is 0 Å². The van der Waals surface area contributed by atoms with Crippen LogP contribution >= 0.6 is 0 Å². The van der Waals surface area contributed by atoms with Crippen LogP contribution in [0.2, 0.25) is 0 Å². The van der Waals surface area contributed by atoms with Gasteiger partial charge in [-0.3, -0.25) is 4.90 Å². The van der Waals surface area contributed by atoms with Gasteiger partial charge in [0.1, 0.15) is 17.3 Å². The van der Waals surface area contributed by atoms with E-state index in [1.165, 1.54) is 0 Å². The lowest BCUT2D eigenvalue weighted by Crippen LogP contribution is -2.36. The summed E-state index contributed by atoms with van der Waals surface area (Å²) in [5.41, 5.74) is 6.99. The van der Waals surface area contributed by atoms with Gasteiger partial charge >= 0.3 is 0 Å². The van der Waals surface area contributed by atoms with Gasteiger partial charge in [-0.15, -0.1) is 0 Å². The van der Waals surface area contributed by atoms with Crippen molar-refractivity contribution < 1.29 is 8.94 Å². The molecule has 0 saturated heterocycles. The van der Waals surface area contributed by atoms with Crippen LogP contribution in [0.1, 0.15) is 35.9 Å². The minimum Gasteiger partial charge on any atom is -0.465 e. The number of rotatable bonds is 5. The fraction of sp³-hybridized carbons (Fsp3) is 0.500. The Bertz CT molecular complexity index is 530. The normalized spacial score (nSPS) is 14.8. The van der Waals surface area contributed by atoms with Gasteiger partial charge in [-0.2, -0.15) is 0 Å². The third-order valence-corrected chi connectivity index (χ3v) is 3.11. The molecule has 0 saturated carbocycles. The number of aromatic nitrogens is 1. The van der Waals surface area contributed by atoms with E-state index in [9.17, 15) is 0 Å². The molecule has 5 nitrogen and oxygen atoms in total. The zero-order valence-electron chi connectivity index (χ0n) is 11.9. The van der Waals surface area contributed by atoms with Crippen LogP contribution in [0.25, 0.3) is 0 Å². The monoisotopic (exact) mass is 263 g/mol. The Balaban J connectivity index is 2.15. The first-order valence-corrected chi connectivity index (χ1v) is 6.41. The lowest BCUT2D eigenvalue weighted by molar-refractivity contribution is 0.178. The first kappa shape index (κ1) is 13.8. The van der Waals surface area contributed by atoms with Gasteiger partial charge in [0.05, 0.1) is 11.7 Å². The highest BCUT2D eigenvalue weighted by molar-refractivity contribution is 5.12. The van der Waals surface area contributed by atoms with Crippen molar-refractivity contribution in [1.29, 1.82) is 0 Å². The molecule has 0 aliphatic rings. The average Bonchev–Trinajstić information content (AvgIpc) is 2.88. The van der Waals surface area contributed by atoms with Crippen LogP contribution in [0.15, 0.2) is 27.1 Å². The molecule has 19 heavy (non-hydrogen) atoms. The molecule has 2 heterocycles. The first-order valence-electron chi connectivity index (χ1n) is 6.41. The van der Waals surface area contributed by atoms with Crippen LogP contribution < -0.4 is 5.73 Å². The maximum Gasteiger partial charge on any atom is 0.133 e. The van der Waals surface area contributed by atoms with E-state index in [1.54, 1.807) is 0 Å². The molecule has 5 heteroatoms. The van der Waals surface area contributed by atoms with E-state index in [4.69, 9.17) is 14.7 Å². The van der Waals surface area contributed by atoms with Gasteiger partial charge in [-0.05, 0) is 40.0 Å². The van der Waals surface area contributed by atoms with Crippen molar-refractivity contribution in [3.8, 4) is 0 Å². The Morgan fingerprint density at radius 2 is 2.05 bits per heavy atom. The Hall–Kier alpha value is -1.59. The summed E-state index contributed by atoms with van der Waals surface area (Å²) in [6, 6.07) is 5.85. The molecule has 2 N–H and O–H groups in total. The first-order chi connectivity index (χ1) is 8.97. The maximum atomic E-state index is 6.09. The van der Waals surface area contributed by atoms with E-state index in [0.717, 1.165) is 23.0 Å². The highest BCUT2D eigenvalue weighted by Gasteiger charge is 2.25. The summed E-state index contributed by atoms with van der Waals surface area (Å²) in [7, 11) is 2.01. The molecular weight excluding hydrogens is 242 g/mol. The van der Waals surface area contributed by atoms with Crippen molar-refractivity contribution >= 4 is 0 Å². The Morgan fingerprint density at radius 1 is 1.32 bits per heavy atom. The Morgan fingerprint density at radius 3 is 2.53 bits per heavy atom. The number of aryl methyl sites for hydroxylation is 2. The molecule has 0 aliphatic heterocycles. The number of nitrogens with two attached hydrogens (primary N) is 1. The van der Waals surface area contributed by atoms with Crippen LogP contribution in [0.4, 0.5) is 0 Å². The van der Waals surface area contributed by atoms with E-state index < -0.39 is 0 Å².